The molecular weight excluding hydrogens is 254 g/mol. The summed E-state index contributed by atoms with van der Waals surface area (Å²) < 4.78 is 17.7. The summed E-state index contributed by atoms with van der Waals surface area (Å²) in [5, 5.41) is 8.30. The minimum absolute atomic E-state index is 0.111. The fourth-order valence-electron chi connectivity index (χ4n) is 2.16. The lowest BCUT2D eigenvalue weighted by atomic mass is 10.1. The molecule has 6 heteroatoms. The van der Waals surface area contributed by atoms with Gasteiger partial charge >= 0.3 is 5.97 Å². The number of hydrogen-bond acceptors (Lipinski definition) is 4. The SMILES string of the molecule is CCN1CCOC(CS(=O)C(C(=O)O)C(C)C)C1. The second kappa shape index (κ2) is 7.21. The van der Waals surface area contributed by atoms with Crippen LogP contribution in [0.5, 0.6) is 0 Å². The summed E-state index contributed by atoms with van der Waals surface area (Å²) >= 11 is 0. The molecule has 1 aliphatic rings. The maximum absolute atomic E-state index is 12.1. The van der Waals surface area contributed by atoms with Crippen molar-refractivity contribution in [3.05, 3.63) is 0 Å². The van der Waals surface area contributed by atoms with Crippen molar-refractivity contribution in [2.75, 3.05) is 32.0 Å². The van der Waals surface area contributed by atoms with Crippen molar-refractivity contribution >= 4 is 16.8 Å². The third-order valence-electron chi connectivity index (χ3n) is 3.15. The van der Waals surface area contributed by atoms with Crippen LogP contribution in [0.3, 0.4) is 0 Å². The van der Waals surface area contributed by atoms with Gasteiger partial charge in [-0.1, -0.05) is 20.8 Å². The van der Waals surface area contributed by atoms with Crippen LogP contribution < -0.4 is 0 Å². The first kappa shape index (κ1) is 15.6. The zero-order chi connectivity index (χ0) is 13.7. The van der Waals surface area contributed by atoms with E-state index in [4.69, 9.17) is 9.84 Å². The van der Waals surface area contributed by atoms with Gasteiger partial charge in [-0.15, -0.1) is 0 Å². The van der Waals surface area contributed by atoms with Gasteiger partial charge in [0.05, 0.1) is 18.5 Å². The van der Waals surface area contributed by atoms with Gasteiger partial charge in [-0.25, -0.2) is 0 Å². The molecule has 0 aromatic heterocycles. The molecule has 0 radical (unpaired) electrons. The minimum atomic E-state index is -1.38. The molecule has 0 aromatic carbocycles. The van der Waals surface area contributed by atoms with Crippen molar-refractivity contribution < 1.29 is 18.8 Å². The topological polar surface area (TPSA) is 66.8 Å². The van der Waals surface area contributed by atoms with Gasteiger partial charge in [0, 0.05) is 23.9 Å². The summed E-state index contributed by atoms with van der Waals surface area (Å²) in [4.78, 5) is 13.3. The number of carbonyl (C=O) groups is 1. The first-order valence-corrected chi connectivity index (χ1v) is 7.77. The Balaban J connectivity index is 2.55. The fraction of sp³-hybridized carbons (Fsp3) is 0.917. The minimum Gasteiger partial charge on any atom is -0.480 e. The molecule has 5 nitrogen and oxygen atoms in total. The predicted molar refractivity (Wildman–Crippen MR) is 71.1 cm³/mol. The van der Waals surface area contributed by atoms with E-state index in [2.05, 4.69) is 11.8 Å². The highest BCUT2D eigenvalue weighted by atomic mass is 32.2. The van der Waals surface area contributed by atoms with Crippen LogP contribution in [-0.2, 0) is 20.3 Å². The molecule has 106 valence electrons. The Morgan fingerprint density at radius 2 is 2.22 bits per heavy atom. The number of rotatable bonds is 6. The van der Waals surface area contributed by atoms with Crippen molar-refractivity contribution in [1.82, 2.24) is 4.90 Å². The smallest absolute Gasteiger partial charge is 0.319 e. The van der Waals surface area contributed by atoms with Crippen molar-refractivity contribution in [2.24, 2.45) is 5.92 Å². The molecule has 0 aliphatic carbocycles. The molecular formula is C12H23NO4S. The maximum atomic E-state index is 12.1. The maximum Gasteiger partial charge on any atom is 0.319 e. The molecule has 0 saturated carbocycles. The summed E-state index contributed by atoms with van der Waals surface area (Å²) in [5.74, 6) is -0.799. The molecule has 1 rings (SSSR count). The number of likely N-dealkylation sites (N-methyl/N-ethyl adjacent to an activating group) is 1. The van der Waals surface area contributed by atoms with Gasteiger partial charge in [-0.2, -0.15) is 0 Å². The summed E-state index contributed by atoms with van der Waals surface area (Å²) in [6.45, 7) is 8.87. The highest BCUT2D eigenvalue weighted by Crippen LogP contribution is 2.14. The molecule has 1 fully saturated rings. The van der Waals surface area contributed by atoms with E-state index in [9.17, 15) is 9.00 Å². The van der Waals surface area contributed by atoms with E-state index in [0.29, 0.717) is 12.4 Å². The zero-order valence-corrected chi connectivity index (χ0v) is 12.1. The lowest BCUT2D eigenvalue weighted by Gasteiger charge is -2.32. The molecule has 18 heavy (non-hydrogen) atoms. The molecule has 1 heterocycles. The Hall–Kier alpha value is -0.460. The number of hydrogen-bond donors (Lipinski definition) is 1. The van der Waals surface area contributed by atoms with Gasteiger partial charge in [-0.3, -0.25) is 13.9 Å². The average Bonchev–Trinajstić information content (AvgIpc) is 2.28. The largest absolute Gasteiger partial charge is 0.480 e. The second-order valence-corrected chi connectivity index (χ2v) is 6.54. The lowest BCUT2D eigenvalue weighted by molar-refractivity contribution is -0.137. The van der Waals surface area contributed by atoms with E-state index in [-0.39, 0.29) is 12.0 Å². The van der Waals surface area contributed by atoms with E-state index in [0.717, 1.165) is 19.6 Å². The fourth-order valence-corrected chi connectivity index (χ4v) is 3.76. The standard InChI is InChI=1S/C12H23NO4S/c1-4-13-5-6-17-10(7-13)8-18(16)11(9(2)3)12(14)15/h9-11H,4-8H2,1-3H3,(H,14,15). The molecule has 1 N–H and O–H groups in total. The predicted octanol–water partition coefficient (Wildman–Crippen LogP) is 0.565. The van der Waals surface area contributed by atoms with E-state index >= 15 is 0 Å². The molecule has 1 aliphatic heterocycles. The van der Waals surface area contributed by atoms with Crippen LogP contribution in [0, 0.1) is 5.92 Å². The number of carboxylic acid groups (broad SMARTS) is 1. The summed E-state index contributed by atoms with van der Waals surface area (Å²) in [7, 11) is -1.38. The van der Waals surface area contributed by atoms with Gasteiger partial charge < -0.3 is 9.84 Å². The van der Waals surface area contributed by atoms with E-state index in [1.54, 1.807) is 13.8 Å². The number of ether oxygens (including phenoxy) is 1. The summed E-state index contributed by atoms with van der Waals surface area (Å²) in [5.41, 5.74) is 0. The van der Waals surface area contributed by atoms with Crippen LogP contribution >= 0.6 is 0 Å². The Labute approximate surface area is 111 Å². The number of carboxylic acids is 1. The summed E-state index contributed by atoms with van der Waals surface area (Å²) in [6, 6.07) is 0. The molecule has 3 unspecified atom stereocenters. The van der Waals surface area contributed by atoms with Crippen LogP contribution in [-0.4, -0.2) is 63.5 Å². The second-order valence-electron chi connectivity index (χ2n) is 4.94. The van der Waals surface area contributed by atoms with Crippen LogP contribution in [0.25, 0.3) is 0 Å². The summed E-state index contributed by atoms with van der Waals surface area (Å²) in [6.07, 6.45) is -0.111. The van der Waals surface area contributed by atoms with Gasteiger partial charge in [-0.05, 0) is 12.5 Å². The molecule has 3 atom stereocenters. The quantitative estimate of drug-likeness (QED) is 0.768. The van der Waals surface area contributed by atoms with Gasteiger partial charge in [0.25, 0.3) is 0 Å². The molecule has 0 bridgehead atoms. The van der Waals surface area contributed by atoms with E-state index in [1.165, 1.54) is 0 Å². The Morgan fingerprint density at radius 3 is 2.72 bits per heavy atom. The van der Waals surface area contributed by atoms with Gasteiger partial charge in [0.15, 0.2) is 0 Å². The van der Waals surface area contributed by atoms with Crippen molar-refractivity contribution in [3.63, 3.8) is 0 Å². The highest BCUT2D eigenvalue weighted by molar-refractivity contribution is 7.86. The molecule has 0 spiro atoms. The molecule has 0 amide bonds. The first-order chi connectivity index (χ1) is 8.45. The number of aliphatic carboxylic acids is 1. The first-order valence-electron chi connectivity index (χ1n) is 6.39. The number of morpholine rings is 1. The van der Waals surface area contributed by atoms with Gasteiger partial charge in [0.2, 0.25) is 0 Å². The molecule has 0 aromatic rings. The van der Waals surface area contributed by atoms with Crippen molar-refractivity contribution in [1.29, 1.82) is 0 Å². The average molecular weight is 277 g/mol. The van der Waals surface area contributed by atoms with Gasteiger partial charge in [0.1, 0.15) is 5.25 Å². The van der Waals surface area contributed by atoms with Crippen LogP contribution in [0.4, 0.5) is 0 Å². The van der Waals surface area contributed by atoms with Crippen molar-refractivity contribution in [3.8, 4) is 0 Å². The monoisotopic (exact) mass is 277 g/mol. The Kier molecular flexibility index (Phi) is 6.25. The van der Waals surface area contributed by atoms with Crippen LogP contribution in [0.2, 0.25) is 0 Å². The Bertz CT molecular complexity index is 308. The Morgan fingerprint density at radius 1 is 1.56 bits per heavy atom. The normalized spacial score (nSPS) is 25.0. The number of nitrogens with zero attached hydrogens (tertiary/aromatic N) is 1. The third kappa shape index (κ3) is 4.33. The van der Waals surface area contributed by atoms with E-state index < -0.39 is 22.0 Å². The zero-order valence-electron chi connectivity index (χ0n) is 11.3. The highest BCUT2D eigenvalue weighted by Gasteiger charge is 2.31. The van der Waals surface area contributed by atoms with Crippen LogP contribution in [0.1, 0.15) is 20.8 Å². The van der Waals surface area contributed by atoms with E-state index in [1.807, 2.05) is 0 Å². The van der Waals surface area contributed by atoms with Crippen molar-refractivity contribution in [2.45, 2.75) is 32.1 Å². The van der Waals surface area contributed by atoms with Crippen LogP contribution in [0.15, 0.2) is 0 Å². The lowest BCUT2D eigenvalue weighted by Crippen LogP contribution is -2.46. The molecule has 1 saturated heterocycles. The third-order valence-corrected chi connectivity index (χ3v) is 5.17.